The maximum absolute atomic E-state index is 2.40. The van der Waals surface area contributed by atoms with Crippen LogP contribution in [0.1, 0.15) is 54.4 Å². The number of hydrogen-bond donors (Lipinski definition) is 0. The highest BCUT2D eigenvalue weighted by Gasteiger charge is 2.32. The van der Waals surface area contributed by atoms with Gasteiger partial charge in [-0.05, 0) is 37.0 Å². The topological polar surface area (TPSA) is 0 Å². The van der Waals surface area contributed by atoms with E-state index in [1.54, 1.807) is 11.1 Å². The third-order valence-corrected chi connectivity index (χ3v) is 3.28. The van der Waals surface area contributed by atoms with Crippen LogP contribution in [0, 0.1) is 17.3 Å². The van der Waals surface area contributed by atoms with Gasteiger partial charge in [0.15, 0.2) is 0 Å². The summed E-state index contributed by atoms with van der Waals surface area (Å²) in [5.41, 5.74) is 3.81. The molecule has 76 valence electrons. The summed E-state index contributed by atoms with van der Waals surface area (Å²) < 4.78 is 0. The molecule has 0 heteroatoms. The quantitative estimate of drug-likeness (QED) is 0.524. The molecule has 0 N–H and O–H groups in total. The Morgan fingerprint density at radius 3 is 2.23 bits per heavy atom. The number of hydrogen-bond acceptors (Lipinski definition) is 0. The summed E-state index contributed by atoms with van der Waals surface area (Å²) in [5.74, 6) is 1.60. The minimum Gasteiger partial charge on any atom is -0.0731 e. The second-order valence-electron chi connectivity index (χ2n) is 5.75. The summed E-state index contributed by atoms with van der Waals surface area (Å²) in [6, 6.07) is 0. The summed E-state index contributed by atoms with van der Waals surface area (Å²) in [4.78, 5) is 0. The Morgan fingerprint density at radius 2 is 1.85 bits per heavy atom. The lowest BCUT2D eigenvalue weighted by Crippen LogP contribution is -2.27. The van der Waals surface area contributed by atoms with Gasteiger partial charge < -0.3 is 0 Å². The van der Waals surface area contributed by atoms with Crippen LogP contribution in [0.3, 0.4) is 0 Å². The first-order chi connectivity index (χ1) is 5.84. The molecule has 0 saturated heterocycles. The molecular formula is C13H24. The van der Waals surface area contributed by atoms with E-state index in [0.29, 0.717) is 5.41 Å². The van der Waals surface area contributed by atoms with Crippen molar-refractivity contribution in [1.82, 2.24) is 0 Å². The molecule has 0 spiro atoms. The van der Waals surface area contributed by atoms with Crippen LogP contribution in [-0.4, -0.2) is 0 Å². The van der Waals surface area contributed by atoms with Crippen LogP contribution >= 0.6 is 0 Å². The van der Waals surface area contributed by atoms with Crippen LogP contribution < -0.4 is 0 Å². The second kappa shape index (κ2) is 3.48. The van der Waals surface area contributed by atoms with Crippen molar-refractivity contribution in [3.63, 3.8) is 0 Å². The summed E-state index contributed by atoms with van der Waals surface area (Å²) in [6.45, 7) is 14.2. The Hall–Kier alpha value is -0.260. The van der Waals surface area contributed by atoms with Crippen LogP contribution in [0.15, 0.2) is 11.1 Å². The standard InChI is InChI=1S/C13H24/c1-9(2)12-11(4)7-10(3)8-13(12,5)6/h9-10H,7-8H2,1-6H3. The maximum atomic E-state index is 2.40. The van der Waals surface area contributed by atoms with E-state index in [9.17, 15) is 0 Å². The molecule has 0 nitrogen and oxygen atoms in total. The molecule has 0 aromatic rings. The van der Waals surface area contributed by atoms with E-state index in [1.807, 2.05) is 0 Å². The largest absolute Gasteiger partial charge is 0.0731 e. The molecule has 0 heterocycles. The van der Waals surface area contributed by atoms with Crippen LogP contribution in [0.4, 0.5) is 0 Å². The summed E-state index contributed by atoms with van der Waals surface area (Å²) in [6.07, 6.45) is 2.68. The van der Waals surface area contributed by atoms with Crippen LogP contribution in [0.5, 0.6) is 0 Å². The fourth-order valence-corrected chi connectivity index (χ4v) is 3.54. The SMILES string of the molecule is CC1=C(C(C)C)C(C)(C)CC(C)C1. The zero-order chi connectivity index (χ0) is 10.2. The van der Waals surface area contributed by atoms with Crippen LogP contribution in [0.2, 0.25) is 0 Å². The highest BCUT2D eigenvalue weighted by atomic mass is 14.4. The summed E-state index contributed by atoms with van der Waals surface area (Å²) in [5, 5.41) is 0. The lowest BCUT2D eigenvalue weighted by molar-refractivity contribution is 0.277. The molecule has 0 fully saturated rings. The van der Waals surface area contributed by atoms with Gasteiger partial charge in [0, 0.05) is 0 Å². The molecule has 1 rings (SSSR count). The molecule has 0 amide bonds. The molecule has 0 saturated carbocycles. The average Bonchev–Trinajstić information content (AvgIpc) is 1.78. The molecule has 0 aromatic carbocycles. The van der Waals surface area contributed by atoms with E-state index in [0.717, 1.165) is 11.8 Å². The minimum absolute atomic E-state index is 0.440. The van der Waals surface area contributed by atoms with Gasteiger partial charge in [-0.1, -0.05) is 45.8 Å². The van der Waals surface area contributed by atoms with Crippen molar-refractivity contribution in [3.8, 4) is 0 Å². The number of rotatable bonds is 1. The predicted octanol–water partition coefficient (Wildman–Crippen LogP) is 4.42. The van der Waals surface area contributed by atoms with E-state index in [2.05, 4.69) is 41.5 Å². The molecule has 1 aliphatic rings. The van der Waals surface area contributed by atoms with Gasteiger partial charge >= 0.3 is 0 Å². The summed E-state index contributed by atoms with van der Waals surface area (Å²) >= 11 is 0. The van der Waals surface area contributed by atoms with Gasteiger partial charge in [-0.3, -0.25) is 0 Å². The monoisotopic (exact) mass is 180 g/mol. The highest BCUT2D eigenvalue weighted by Crippen LogP contribution is 2.45. The Kier molecular flexibility index (Phi) is 2.89. The van der Waals surface area contributed by atoms with E-state index >= 15 is 0 Å². The van der Waals surface area contributed by atoms with Crippen LogP contribution in [-0.2, 0) is 0 Å². The van der Waals surface area contributed by atoms with Gasteiger partial charge in [0.05, 0.1) is 0 Å². The Bertz CT molecular complexity index is 218. The van der Waals surface area contributed by atoms with E-state index in [-0.39, 0.29) is 0 Å². The Labute approximate surface area is 83.4 Å². The van der Waals surface area contributed by atoms with Gasteiger partial charge in [0.1, 0.15) is 0 Å². The zero-order valence-corrected chi connectivity index (χ0v) is 10.1. The molecule has 1 unspecified atom stereocenters. The molecule has 13 heavy (non-hydrogen) atoms. The highest BCUT2D eigenvalue weighted by molar-refractivity contribution is 5.24. The summed E-state index contributed by atoms with van der Waals surface area (Å²) in [7, 11) is 0. The molecule has 1 aliphatic carbocycles. The first-order valence-corrected chi connectivity index (χ1v) is 5.54. The van der Waals surface area contributed by atoms with E-state index in [1.165, 1.54) is 12.8 Å². The van der Waals surface area contributed by atoms with Gasteiger partial charge in [-0.25, -0.2) is 0 Å². The molecule has 1 atom stereocenters. The van der Waals surface area contributed by atoms with E-state index in [4.69, 9.17) is 0 Å². The zero-order valence-electron chi connectivity index (χ0n) is 10.1. The third-order valence-electron chi connectivity index (χ3n) is 3.28. The predicted molar refractivity (Wildman–Crippen MR) is 59.7 cm³/mol. The molecule has 0 aromatic heterocycles. The normalized spacial score (nSPS) is 28.4. The second-order valence-corrected chi connectivity index (χ2v) is 5.75. The smallest absolute Gasteiger partial charge is 0.0137 e. The van der Waals surface area contributed by atoms with Gasteiger partial charge in [-0.15, -0.1) is 0 Å². The van der Waals surface area contributed by atoms with Crippen molar-refractivity contribution in [2.75, 3.05) is 0 Å². The minimum atomic E-state index is 0.440. The van der Waals surface area contributed by atoms with Crippen molar-refractivity contribution >= 4 is 0 Å². The van der Waals surface area contributed by atoms with Gasteiger partial charge in [0.25, 0.3) is 0 Å². The van der Waals surface area contributed by atoms with Crippen molar-refractivity contribution in [1.29, 1.82) is 0 Å². The molecule has 0 aliphatic heterocycles. The lowest BCUT2D eigenvalue weighted by atomic mass is 9.66. The fraction of sp³-hybridized carbons (Fsp3) is 0.846. The van der Waals surface area contributed by atoms with Crippen molar-refractivity contribution < 1.29 is 0 Å². The Balaban J connectivity index is 3.04. The van der Waals surface area contributed by atoms with Crippen LogP contribution in [0.25, 0.3) is 0 Å². The maximum Gasteiger partial charge on any atom is -0.0137 e. The van der Waals surface area contributed by atoms with E-state index < -0.39 is 0 Å². The first kappa shape index (κ1) is 10.8. The Morgan fingerprint density at radius 1 is 1.31 bits per heavy atom. The van der Waals surface area contributed by atoms with Crippen molar-refractivity contribution in [2.45, 2.75) is 54.4 Å². The third kappa shape index (κ3) is 2.15. The molecule has 0 radical (unpaired) electrons. The number of allylic oxidation sites excluding steroid dienone is 2. The first-order valence-electron chi connectivity index (χ1n) is 5.54. The molecule has 0 bridgehead atoms. The van der Waals surface area contributed by atoms with Crippen molar-refractivity contribution in [2.24, 2.45) is 17.3 Å². The van der Waals surface area contributed by atoms with Crippen molar-refractivity contribution in [3.05, 3.63) is 11.1 Å². The fourth-order valence-electron chi connectivity index (χ4n) is 3.54. The van der Waals surface area contributed by atoms with Gasteiger partial charge in [0.2, 0.25) is 0 Å². The van der Waals surface area contributed by atoms with Gasteiger partial charge in [-0.2, -0.15) is 0 Å². The average molecular weight is 180 g/mol. The lowest BCUT2D eigenvalue weighted by Gasteiger charge is -2.40. The molecular weight excluding hydrogens is 156 g/mol.